The smallest absolute Gasteiger partial charge is 0.254 e. The Balaban J connectivity index is 1.68. The van der Waals surface area contributed by atoms with Crippen LogP contribution in [-0.2, 0) is 23.1 Å². The second kappa shape index (κ2) is 10.5. The summed E-state index contributed by atoms with van der Waals surface area (Å²) in [7, 11) is -3.65. The molecular formula is C27H31N3O3S. The summed E-state index contributed by atoms with van der Waals surface area (Å²) in [6.07, 6.45) is 6.23. The van der Waals surface area contributed by atoms with Gasteiger partial charge in [-0.2, -0.15) is 4.31 Å². The number of hydrogen-bond acceptors (Lipinski definition) is 4. The first kappa shape index (κ1) is 24.1. The van der Waals surface area contributed by atoms with Gasteiger partial charge in [0.15, 0.2) is 0 Å². The lowest BCUT2D eigenvalue weighted by Gasteiger charge is -2.27. The van der Waals surface area contributed by atoms with Gasteiger partial charge >= 0.3 is 0 Å². The number of amides is 1. The van der Waals surface area contributed by atoms with Gasteiger partial charge in [0.1, 0.15) is 0 Å². The lowest BCUT2D eigenvalue weighted by molar-refractivity contribution is 0.0729. The van der Waals surface area contributed by atoms with Crippen LogP contribution in [0.3, 0.4) is 0 Å². The van der Waals surface area contributed by atoms with Gasteiger partial charge in [0.25, 0.3) is 5.91 Å². The van der Waals surface area contributed by atoms with Crippen LogP contribution in [0, 0.1) is 13.8 Å². The van der Waals surface area contributed by atoms with Crippen molar-refractivity contribution in [2.45, 2.75) is 51.1 Å². The zero-order valence-electron chi connectivity index (χ0n) is 19.8. The number of nitrogens with zero attached hydrogens (tertiary/aromatic N) is 3. The highest BCUT2D eigenvalue weighted by Crippen LogP contribution is 2.26. The van der Waals surface area contributed by atoms with Gasteiger partial charge in [-0.25, -0.2) is 8.42 Å². The van der Waals surface area contributed by atoms with Crippen LogP contribution in [0.1, 0.15) is 51.9 Å². The van der Waals surface area contributed by atoms with Gasteiger partial charge in [0.05, 0.1) is 4.90 Å². The average molecular weight is 478 g/mol. The molecule has 2 heterocycles. The van der Waals surface area contributed by atoms with Gasteiger partial charge in [0.2, 0.25) is 10.0 Å². The zero-order valence-corrected chi connectivity index (χ0v) is 20.6. The van der Waals surface area contributed by atoms with Crippen LogP contribution in [0.4, 0.5) is 0 Å². The molecule has 1 aliphatic rings. The molecule has 0 spiro atoms. The molecule has 0 aliphatic carbocycles. The highest BCUT2D eigenvalue weighted by molar-refractivity contribution is 7.89. The highest BCUT2D eigenvalue weighted by atomic mass is 32.2. The van der Waals surface area contributed by atoms with Crippen molar-refractivity contribution in [1.29, 1.82) is 0 Å². The number of pyridine rings is 1. The highest BCUT2D eigenvalue weighted by Gasteiger charge is 2.29. The molecule has 1 saturated heterocycles. The molecule has 0 N–H and O–H groups in total. The molecule has 0 unspecified atom stereocenters. The number of carbonyl (C=O) groups is 1. The van der Waals surface area contributed by atoms with Crippen molar-refractivity contribution in [3.8, 4) is 0 Å². The molecule has 7 heteroatoms. The molecule has 3 aromatic rings. The van der Waals surface area contributed by atoms with Crippen LogP contribution in [0.15, 0.2) is 71.9 Å². The number of rotatable bonds is 7. The lowest BCUT2D eigenvalue weighted by atomic mass is 10.1. The third-order valence-corrected chi connectivity index (χ3v) is 8.41. The molecule has 1 aliphatic heterocycles. The van der Waals surface area contributed by atoms with E-state index in [1.165, 1.54) is 0 Å². The van der Waals surface area contributed by atoms with Gasteiger partial charge in [-0.1, -0.05) is 42.8 Å². The summed E-state index contributed by atoms with van der Waals surface area (Å²) >= 11 is 0. The first-order chi connectivity index (χ1) is 16.4. The topological polar surface area (TPSA) is 70.6 Å². The minimum absolute atomic E-state index is 0.206. The van der Waals surface area contributed by atoms with E-state index >= 15 is 0 Å². The molecule has 0 bridgehead atoms. The SMILES string of the molecule is Cc1ccccc1CN(Cc1cccnc1)C(=O)c1ccc(C)c(S(=O)(=O)N2CCCCC2)c1. The number of sulfonamides is 1. The molecule has 2 aromatic carbocycles. The van der Waals surface area contributed by atoms with Crippen molar-refractivity contribution in [3.05, 3.63) is 94.8 Å². The van der Waals surface area contributed by atoms with E-state index < -0.39 is 10.0 Å². The largest absolute Gasteiger partial charge is 0.330 e. The molecule has 34 heavy (non-hydrogen) atoms. The number of aryl methyl sites for hydroxylation is 2. The lowest BCUT2D eigenvalue weighted by Crippen LogP contribution is -2.36. The summed E-state index contributed by atoms with van der Waals surface area (Å²) in [5, 5.41) is 0. The van der Waals surface area contributed by atoms with E-state index in [0.29, 0.717) is 37.3 Å². The molecule has 1 amide bonds. The Hall–Kier alpha value is -3.03. The number of aromatic nitrogens is 1. The zero-order chi connectivity index (χ0) is 24.1. The summed E-state index contributed by atoms with van der Waals surface area (Å²) in [6.45, 7) is 5.66. The maximum Gasteiger partial charge on any atom is 0.254 e. The van der Waals surface area contributed by atoms with Crippen molar-refractivity contribution >= 4 is 15.9 Å². The molecule has 4 rings (SSSR count). The first-order valence-corrected chi connectivity index (χ1v) is 13.1. The molecule has 1 aromatic heterocycles. The second-order valence-corrected chi connectivity index (χ2v) is 10.8. The van der Waals surface area contributed by atoms with E-state index in [1.807, 2.05) is 43.3 Å². The van der Waals surface area contributed by atoms with Crippen molar-refractivity contribution < 1.29 is 13.2 Å². The summed E-state index contributed by atoms with van der Waals surface area (Å²) in [4.78, 5) is 19.9. The fraction of sp³-hybridized carbons (Fsp3) is 0.333. The summed E-state index contributed by atoms with van der Waals surface area (Å²) in [5.41, 5.74) is 4.09. The van der Waals surface area contributed by atoms with Crippen LogP contribution < -0.4 is 0 Å². The maximum atomic E-state index is 13.7. The van der Waals surface area contributed by atoms with E-state index in [4.69, 9.17) is 0 Å². The quantitative estimate of drug-likeness (QED) is 0.494. The monoisotopic (exact) mass is 477 g/mol. The Morgan fingerprint density at radius 2 is 1.71 bits per heavy atom. The number of hydrogen-bond donors (Lipinski definition) is 0. The van der Waals surface area contributed by atoms with Crippen molar-refractivity contribution in [2.24, 2.45) is 0 Å². The van der Waals surface area contributed by atoms with E-state index in [-0.39, 0.29) is 10.8 Å². The normalized spacial score (nSPS) is 14.6. The molecule has 0 radical (unpaired) electrons. The minimum atomic E-state index is -3.65. The van der Waals surface area contributed by atoms with E-state index in [1.54, 1.807) is 46.7 Å². The predicted molar refractivity (Wildman–Crippen MR) is 133 cm³/mol. The van der Waals surface area contributed by atoms with Gasteiger partial charge < -0.3 is 4.90 Å². The van der Waals surface area contributed by atoms with Crippen molar-refractivity contribution in [2.75, 3.05) is 13.1 Å². The third-order valence-electron chi connectivity index (χ3n) is 6.37. The van der Waals surface area contributed by atoms with Crippen molar-refractivity contribution in [1.82, 2.24) is 14.2 Å². The average Bonchev–Trinajstić information content (AvgIpc) is 2.86. The number of carbonyl (C=O) groups excluding carboxylic acids is 1. The molecule has 1 fully saturated rings. The first-order valence-electron chi connectivity index (χ1n) is 11.7. The van der Waals surface area contributed by atoms with Crippen LogP contribution in [0.25, 0.3) is 0 Å². The fourth-order valence-corrected chi connectivity index (χ4v) is 6.11. The van der Waals surface area contributed by atoms with Gasteiger partial charge in [0, 0.05) is 44.1 Å². The Labute approximate surface area is 202 Å². The number of benzene rings is 2. The van der Waals surface area contributed by atoms with Crippen LogP contribution in [0.2, 0.25) is 0 Å². The second-order valence-electron chi connectivity index (χ2n) is 8.89. The Morgan fingerprint density at radius 3 is 2.41 bits per heavy atom. The summed E-state index contributed by atoms with van der Waals surface area (Å²) in [5.74, 6) is -0.206. The molecule has 0 atom stereocenters. The number of piperidine rings is 1. The van der Waals surface area contributed by atoms with Crippen LogP contribution >= 0.6 is 0 Å². The van der Waals surface area contributed by atoms with E-state index in [2.05, 4.69) is 4.98 Å². The molecule has 6 nitrogen and oxygen atoms in total. The van der Waals surface area contributed by atoms with E-state index in [0.717, 1.165) is 36.0 Å². The minimum Gasteiger partial charge on any atom is -0.330 e. The Morgan fingerprint density at radius 1 is 0.941 bits per heavy atom. The van der Waals surface area contributed by atoms with Gasteiger partial charge in [-0.3, -0.25) is 9.78 Å². The van der Waals surface area contributed by atoms with Gasteiger partial charge in [-0.15, -0.1) is 0 Å². The van der Waals surface area contributed by atoms with Crippen molar-refractivity contribution in [3.63, 3.8) is 0 Å². The molecule has 0 saturated carbocycles. The maximum absolute atomic E-state index is 13.7. The Bertz CT molecular complexity index is 1250. The Kier molecular flexibility index (Phi) is 7.44. The predicted octanol–water partition coefficient (Wildman–Crippen LogP) is 4.72. The van der Waals surface area contributed by atoms with Crippen LogP contribution in [-0.4, -0.2) is 41.6 Å². The summed E-state index contributed by atoms with van der Waals surface area (Å²) in [6, 6.07) is 16.8. The van der Waals surface area contributed by atoms with Crippen LogP contribution in [0.5, 0.6) is 0 Å². The van der Waals surface area contributed by atoms with Gasteiger partial charge in [-0.05, 0) is 67.1 Å². The summed E-state index contributed by atoms with van der Waals surface area (Å²) < 4.78 is 28.3. The molecular weight excluding hydrogens is 446 g/mol. The standard InChI is InChI=1S/C27H31N3O3S/c1-21-9-4-5-11-25(21)20-29(19-23-10-8-14-28-18-23)27(31)24-13-12-22(2)26(17-24)34(32,33)30-15-6-3-7-16-30/h4-5,8-14,17-18H,3,6-7,15-16,19-20H2,1-2H3. The molecule has 178 valence electrons. The van der Waals surface area contributed by atoms with E-state index in [9.17, 15) is 13.2 Å². The fourth-order valence-electron chi connectivity index (χ4n) is 4.34. The third kappa shape index (κ3) is 5.37.